The van der Waals surface area contributed by atoms with Gasteiger partial charge in [-0.1, -0.05) is 48.5 Å². The molecule has 5 heteroatoms. The van der Waals surface area contributed by atoms with Gasteiger partial charge in [0, 0.05) is 30.5 Å². The Hall–Kier alpha value is -3.99. The van der Waals surface area contributed by atoms with Gasteiger partial charge in [-0.15, -0.1) is 0 Å². The Balaban J connectivity index is 1.44. The average Bonchev–Trinajstić information content (AvgIpc) is 3.28. The summed E-state index contributed by atoms with van der Waals surface area (Å²) in [4.78, 5) is 15.7. The molecule has 0 fully saturated rings. The van der Waals surface area contributed by atoms with Gasteiger partial charge in [-0.2, -0.15) is 0 Å². The Kier molecular flexibility index (Phi) is 6.34. The minimum absolute atomic E-state index is 0.00274. The summed E-state index contributed by atoms with van der Waals surface area (Å²) in [7, 11) is 1.62. The maximum atomic E-state index is 13.7. The second-order valence-corrected chi connectivity index (χ2v) is 8.46. The molecule has 172 valence electrons. The van der Waals surface area contributed by atoms with Crippen molar-refractivity contribution >= 4 is 5.91 Å². The number of fused-ring (bicyclic) bond motifs is 1. The van der Waals surface area contributed by atoms with Crippen LogP contribution in [-0.2, 0) is 13.2 Å². The maximum Gasteiger partial charge on any atom is 0.254 e. The molecule has 4 aromatic rings. The van der Waals surface area contributed by atoms with E-state index >= 15 is 0 Å². The van der Waals surface area contributed by atoms with Gasteiger partial charge in [0.1, 0.15) is 18.1 Å². The summed E-state index contributed by atoms with van der Waals surface area (Å²) >= 11 is 0. The second-order valence-electron chi connectivity index (χ2n) is 8.46. The highest BCUT2D eigenvalue weighted by Gasteiger charge is 2.31. The van der Waals surface area contributed by atoms with Crippen molar-refractivity contribution < 1.29 is 14.3 Å². The molecule has 34 heavy (non-hydrogen) atoms. The van der Waals surface area contributed by atoms with E-state index in [0.29, 0.717) is 24.5 Å². The summed E-state index contributed by atoms with van der Waals surface area (Å²) < 4.78 is 13.6. The second kappa shape index (κ2) is 9.87. The number of aryl methyl sites for hydroxylation is 1. The zero-order chi connectivity index (χ0) is 23.3. The van der Waals surface area contributed by atoms with Crippen molar-refractivity contribution in [1.29, 1.82) is 0 Å². The number of hydrogen-bond acceptors (Lipinski definition) is 3. The molecule has 0 aliphatic carbocycles. The molecule has 1 atom stereocenters. The van der Waals surface area contributed by atoms with Gasteiger partial charge in [0.15, 0.2) is 0 Å². The highest BCUT2D eigenvalue weighted by atomic mass is 16.5. The van der Waals surface area contributed by atoms with Crippen LogP contribution in [-0.4, -0.2) is 29.0 Å². The van der Waals surface area contributed by atoms with Gasteiger partial charge in [-0.05, 0) is 60.0 Å². The third kappa shape index (κ3) is 4.55. The Bertz CT molecular complexity index is 1250. The summed E-state index contributed by atoms with van der Waals surface area (Å²) in [5.41, 5.74) is 3.94. The molecule has 1 aliphatic heterocycles. The van der Waals surface area contributed by atoms with Gasteiger partial charge < -0.3 is 18.9 Å². The molecule has 1 amide bonds. The lowest BCUT2D eigenvalue weighted by Crippen LogP contribution is -2.35. The lowest BCUT2D eigenvalue weighted by atomic mass is 10.0. The zero-order valence-electron chi connectivity index (χ0n) is 19.3. The van der Waals surface area contributed by atoms with E-state index in [1.54, 1.807) is 7.11 Å². The molecule has 0 bridgehead atoms. The van der Waals surface area contributed by atoms with Crippen molar-refractivity contribution in [2.45, 2.75) is 25.6 Å². The Morgan fingerprint density at radius 3 is 2.50 bits per heavy atom. The first kappa shape index (κ1) is 21.8. The van der Waals surface area contributed by atoms with E-state index in [0.717, 1.165) is 35.5 Å². The molecule has 0 N–H and O–H groups in total. The van der Waals surface area contributed by atoms with Crippen LogP contribution < -0.4 is 9.47 Å². The van der Waals surface area contributed by atoms with Crippen LogP contribution in [0.2, 0.25) is 0 Å². The van der Waals surface area contributed by atoms with Crippen molar-refractivity contribution in [2.24, 2.45) is 0 Å². The summed E-state index contributed by atoms with van der Waals surface area (Å²) in [6.07, 6.45) is 2.99. The first-order valence-corrected chi connectivity index (χ1v) is 11.6. The molecule has 2 heterocycles. The zero-order valence-corrected chi connectivity index (χ0v) is 19.3. The molecule has 1 aliphatic rings. The molecular weight excluding hydrogens is 424 g/mol. The number of nitrogens with zero attached hydrogens (tertiary/aromatic N) is 2. The predicted molar refractivity (Wildman–Crippen MR) is 132 cm³/mol. The highest BCUT2D eigenvalue weighted by Crippen LogP contribution is 2.34. The summed E-state index contributed by atoms with van der Waals surface area (Å²) in [5, 5.41) is 0. The molecule has 1 aromatic heterocycles. The van der Waals surface area contributed by atoms with E-state index in [9.17, 15) is 4.79 Å². The van der Waals surface area contributed by atoms with Crippen molar-refractivity contribution in [3.8, 4) is 11.5 Å². The number of benzene rings is 3. The maximum absolute atomic E-state index is 13.7. The van der Waals surface area contributed by atoms with Crippen molar-refractivity contribution in [2.75, 3.05) is 13.7 Å². The van der Waals surface area contributed by atoms with Gasteiger partial charge in [0.2, 0.25) is 0 Å². The number of carbonyl (C=O) groups excluding carboxylic acids is 1. The van der Waals surface area contributed by atoms with Crippen LogP contribution in [0.1, 0.15) is 39.6 Å². The van der Waals surface area contributed by atoms with Crippen LogP contribution in [0.15, 0.2) is 97.2 Å². The first-order chi connectivity index (χ1) is 16.7. The fourth-order valence-corrected chi connectivity index (χ4v) is 4.56. The summed E-state index contributed by atoms with van der Waals surface area (Å²) in [6, 6.07) is 29.6. The van der Waals surface area contributed by atoms with E-state index in [-0.39, 0.29) is 11.9 Å². The smallest absolute Gasteiger partial charge is 0.254 e. The third-order valence-corrected chi connectivity index (χ3v) is 6.28. The molecule has 5 rings (SSSR count). The van der Waals surface area contributed by atoms with Crippen LogP contribution in [0.4, 0.5) is 0 Å². The standard InChI is InChI=1S/C29H28N2O3/c1-33-26-11-5-10-24(20-26)29(32)31-19-7-18-30-17-6-12-27(30)28(31)23-13-15-25(16-14-23)34-21-22-8-3-2-4-9-22/h2-6,8-17,20,28H,7,18-19,21H2,1H3. The number of carbonyl (C=O) groups is 1. The molecule has 1 unspecified atom stereocenters. The number of aromatic nitrogens is 1. The van der Waals surface area contributed by atoms with Crippen LogP contribution in [0.25, 0.3) is 0 Å². The quantitative estimate of drug-likeness (QED) is 0.376. The van der Waals surface area contributed by atoms with Crippen molar-refractivity contribution in [3.63, 3.8) is 0 Å². The third-order valence-electron chi connectivity index (χ3n) is 6.28. The number of ether oxygens (including phenoxy) is 2. The Labute approximate surface area is 200 Å². The van der Waals surface area contributed by atoms with Crippen molar-refractivity contribution in [3.05, 3.63) is 120 Å². The summed E-state index contributed by atoms with van der Waals surface area (Å²) in [5.74, 6) is 1.49. The SMILES string of the molecule is COc1cccc(C(=O)N2CCCn3cccc3C2c2ccc(OCc3ccccc3)cc2)c1. The minimum atomic E-state index is -0.181. The Morgan fingerprint density at radius 1 is 0.882 bits per heavy atom. The Morgan fingerprint density at radius 2 is 1.71 bits per heavy atom. The molecule has 0 radical (unpaired) electrons. The van der Waals surface area contributed by atoms with Gasteiger partial charge >= 0.3 is 0 Å². The first-order valence-electron chi connectivity index (χ1n) is 11.6. The number of amides is 1. The minimum Gasteiger partial charge on any atom is -0.497 e. The highest BCUT2D eigenvalue weighted by molar-refractivity contribution is 5.95. The molecule has 0 saturated heterocycles. The fraction of sp³-hybridized carbons (Fsp3) is 0.207. The van der Waals surface area contributed by atoms with Crippen LogP contribution in [0, 0.1) is 0 Å². The number of methoxy groups -OCH3 is 1. The van der Waals surface area contributed by atoms with E-state index in [1.807, 2.05) is 59.5 Å². The average molecular weight is 453 g/mol. The molecule has 3 aromatic carbocycles. The van der Waals surface area contributed by atoms with Crippen molar-refractivity contribution in [1.82, 2.24) is 9.47 Å². The lowest BCUT2D eigenvalue weighted by Gasteiger charge is -2.31. The largest absolute Gasteiger partial charge is 0.497 e. The molecule has 5 nitrogen and oxygen atoms in total. The topological polar surface area (TPSA) is 43.7 Å². The van der Waals surface area contributed by atoms with Crippen LogP contribution in [0.3, 0.4) is 0 Å². The normalized spacial score (nSPS) is 15.3. The van der Waals surface area contributed by atoms with Crippen LogP contribution >= 0.6 is 0 Å². The van der Waals surface area contributed by atoms with E-state index in [4.69, 9.17) is 9.47 Å². The lowest BCUT2D eigenvalue weighted by molar-refractivity contribution is 0.0709. The van der Waals surface area contributed by atoms with Gasteiger partial charge in [-0.3, -0.25) is 4.79 Å². The monoisotopic (exact) mass is 452 g/mol. The number of hydrogen-bond donors (Lipinski definition) is 0. The van der Waals surface area contributed by atoms with E-state index in [2.05, 4.69) is 47.2 Å². The summed E-state index contributed by atoms with van der Waals surface area (Å²) in [6.45, 7) is 2.08. The predicted octanol–water partition coefficient (Wildman–Crippen LogP) is 5.71. The molecular formula is C29H28N2O3. The van der Waals surface area contributed by atoms with E-state index < -0.39 is 0 Å². The van der Waals surface area contributed by atoms with E-state index in [1.165, 1.54) is 0 Å². The van der Waals surface area contributed by atoms with Gasteiger partial charge in [0.05, 0.1) is 13.2 Å². The molecule has 0 spiro atoms. The van der Waals surface area contributed by atoms with Gasteiger partial charge in [0.25, 0.3) is 5.91 Å². The fourth-order valence-electron chi connectivity index (χ4n) is 4.56. The van der Waals surface area contributed by atoms with Crippen LogP contribution in [0.5, 0.6) is 11.5 Å². The number of rotatable bonds is 6. The van der Waals surface area contributed by atoms with Gasteiger partial charge in [-0.25, -0.2) is 0 Å². The molecule has 0 saturated carbocycles.